The van der Waals surface area contributed by atoms with E-state index in [0.29, 0.717) is 16.1 Å². The third kappa shape index (κ3) is 6.76. The van der Waals surface area contributed by atoms with Crippen LogP contribution in [0, 0.1) is 0 Å². The number of aromatic nitrogens is 2. The highest BCUT2D eigenvalue weighted by Gasteiger charge is 2.19. The number of urea groups is 1. The van der Waals surface area contributed by atoms with Gasteiger partial charge in [-0.2, -0.15) is 0 Å². The van der Waals surface area contributed by atoms with Crippen molar-refractivity contribution in [3.8, 4) is 0 Å². The standard InChI is InChI=1S/C12H20N4O3S2/c1-6-19-8(17)7(2)20-11-16-15-10(21-11)13-9(18)14-12(3,4)5/h7H,6H2,1-5H3,(H2,13,14,15,18)/t7-/m0/s1. The maximum atomic E-state index is 11.7. The number of carbonyl (C=O) groups excluding carboxylic acids is 2. The lowest BCUT2D eigenvalue weighted by Crippen LogP contribution is -2.43. The molecular weight excluding hydrogens is 312 g/mol. The van der Waals surface area contributed by atoms with Crippen LogP contribution >= 0.6 is 23.1 Å². The fraction of sp³-hybridized carbons (Fsp3) is 0.667. The number of carbonyl (C=O) groups is 2. The fourth-order valence-corrected chi connectivity index (χ4v) is 3.13. The second-order valence-electron chi connectivity index (χ2n) is 5.21. The molecule has 7 nitrogen and oxygen atoms in total. The summed E-state index contributed by atoms with van der Waals surface area (Å²) >= 11 is 2.46. The Labute approximate surface area is 132 Å². The van der Waals surface area contributed by atoms with E-state index in [9.17, 15) is 9.59 Å². The van der Waals surface area contributed by atoms with Gasteiger partial charge in [0.15, 0.2) is 4.34 Å². The van der Waals surface area contributed by atoms with Crippen LogP contribution in [0.1, 0.15) is 34.6 Å². The number of rotatable bonds is 5. The molecule has 0 aliphatic heterocycles. The molecule has 9 heteroatoms. The lowest BCUT2D eigenvalue weighted by Gasteiger charge is -2.19. The number of amides is 2. The number of nitrogens with zero attached hydrogens (tertiary/aromatic N) is 2. The van der Waals surface area contributed by atoms with Gasteiger partial charge < -0.3 is 10.1 Å². The molecule has 1 heterocycles. The van der Waals surface area contributed by atoms with E-state index >= 15 is 0 Å². The Morgan fingerprint density at radius 3 is 2.62 bits per heavy atom. The van der Waals surface area contributed by atoms with Gasteiger partial charge in [0, 0.05) is 5.54 Å². The molecule has 118 valence electrons. The molecule has 0 aliphatic carbocycles. The van der Waals surface area contributed by atoms with Crippen LogP contribution in [0.2, 0.25) is 0 Å². The lowest BCUT2D eigenvalue weighted by atomic mass is 10.1. The summed E-state index contributed by atoms with van der Waals surface area (Å²) < 4.78 is 5.52. The molecule has 0 aliphatic rings. The first-order valence-corrected chi connectivity index (χ1v) is 8.17. The van der Waals surface area contributed by atoms with Crippen molar-refractivity contribution in [1.29, 1.82) is 0 Å². The first kappa shape index (κ1) is 17.7. The van der Waals surface area contributed by atoms with Gasteiger partial charge in [-0.3, -0.25) is 10.1 Å². The van der Waals surface area contributed by atoms with Crippen LogP contribution in [0.15, 0.2) is 4.34 Å². The smallest absolute Gasteiger partial charge is 0.321 e. The summed E-state index contributed by atoms with van der Waals surface area (Å²) in [5, 5.41) is 13.2. The number of hydrogen-bond donors (Lipinski definition) is 2. The maximum Gasteiger partial charge on any atom is 0.321 e. The molecule has 1 aromatic rings. The molecule has 0 bridgehead atoms. The number of anilines is 1. The van der Waals surface area contributed by atoms with Gasteiger partial charge in [0.1, 0.15) is 5.25 Å². The summed E-state index contributed by atoms with van der Waals surface area (Å²) in [6.07, 6.45) is 0. The second kappa shape index (κ2) is 7.60. The van der Waals surface area contributed by atoms with Gasteiger partial charge in [-0.15, -0.1) is 10.2 Å². The highest BCUT2D eigenvalue weighted by Crippen LogP contribution is 2.29. The van der Waals surface area contributed by atoms with E-state index in [4.69, 9.17) is 4.74 Å². The highest BCUT2D eigenvalue weighted by molar-refractivity contribution is 8.02. The summed E-state index contributed by atoms with van der Waals surface area (Å²) in [6.45, 7) is 9.50. The molecule has 0 saturated heterocycles. The van der Waals surface area contributed by atoms with Gasteiger partial charge in [0.05, 0.1) is 6.61 Å². The summed E-state index contributed by atoms with van der Waals surface area (Å²) in [5.41, 5.74) is -0.329. The number of thioether (sulfide) groups is 1. The molecule has 2 amide bonds. The molecule has 0 fully saturated rings. The Kier molecular flexibility index (Phi) is 6.41. The van der Waals surface area contributed by atoms with Gasteiger partial charge in [0.25, 0.3) is 0 Å². The molecule has 1 aromatic heterocycles. The number of esters is 1. The Hall–Kier alpha value is -1.35. The van der Waals surface area contributed by atoms with Crippen LogP contribution < -0.4 is 10.6 Å². The maximum absolute atomic E-state index is 11.7. The van der Waals surface area contributed by atoms with Crippen molar-refractivity contribution >= 4 is 40.2 Å². The van der Waals surface area contributed by atoms with E-state index in [1.165, 1.54) is 23.1 Å². The molecule has 0 saturated carbocycles. The van der Waals surface area contributed by atoms with E-state index in [1.54, 1.807) is 13.8 Å². The van der Waals surface area contributed by atoms with Crippen molar-refractivity contribution in [3.05, 3.63) is 0 Å². The van der Waals surface area contributed by atoms with E-state index in [1.807, 2.05) is 20.8 Å². The molecule has 0 aromatic carbocycles. The molecule has 21 heavy (non-hydrogen) atoms. The number of hydrogen-bond acceptors (Lipinski definition) is 7. The minimum Gasteiger partial charge on any atom is -0.465 e. The first-order chi connectivity index (χ1) is 9.71. The van der Waals surface area contributed by atoms with Crippen molar-refractivity contribution in [2.75, 3.05) is 11.9 Å². The third-order valence-corrected chi connectivity index (χ3v) is 4.01. The molecule has 1 atom stereocenters. The minimum absolute atomic E-state index is 0.294. The minimum atomic E-state index is -0.367. The van der Waals surface area contributed by atoms with E-state index in [-0.39, 0.29) is 22.8 Å². The lowest BCUT2D eigenvalue weighted by molar-refractivity contribution is -0.142. The quantitative estimate of drug-likeness (QED) is 0.489. The van der Waals surface area contributed by atoms with Crippen LogP contribution in [0.25, 0.3) is 0 Å². The topological polar surface area (TPSA) is 93.2 Å². The van der Waals surface area contributed by atoms with Crippen LogP contribution in [0.3, 0.4) is 0 Å². The Balaban J connectivity index is 2.53. The summed E-state index contributed by atoms with van der Waals surface area (Å²) in [6, 6.07) is -0.339. The molecule has 1 rings (SSSR count). The van der Waals surface area contributed by atoms with E-state index in [2.05, 4.69) is 20.8 Å². The second-order valence-corrected chi connectivity index (χ2v) is 7.78. The zero-order chi connectivity index (χ0) is 16.0. The van der Waals surface area contributed by atoms with Crippen LogP contribution in [0.4, 0.5) is 9.93 Å². The zero-order valence-corrected chi connectivity index (χ0v) is 14.4. The first-order valence-electron chi connectivity index (χ1n) is 6.47. The normalized spacial score (nSPS) is 12.6. The van der Waals surface area contributed by atoms with Gasteiger partial charge >= 0.3 is 12.0 Å². The molecule has 0 unspecified atom stereocenters. The van der Waals surface area contributed by atoms with Crippen molar-refractivity contribution in [2.24, 2.45) is 0 Å². The predicted molar refractivity (Wildman–Crippen MR) is 83.8 cm³/mol. The zero-order valence-electron chi connectivity index (χ0n) is 12.7. The average molecular weight is 332 g/mol. The van der Waals surface area contributed by atoms with Crippen LogP contribution in [-0.4, -0.2) is 39.6 Å². The van der Waals surface area contributed by atoms with Crippen LogP contribution in [0.5, 0.6) is 0 Å². The molecular formula is C12H20N4O3S2. The highest BCUT2D eigenvalue weighted by atomic mass is 32.2. The molecule has 0 radical (unpaired) electrons. The van der Waals surface area contributed by atoms with Gasteiger partial charge in [-0.05, 0) is 34.6 Å². The predicted octanol–water partition coefficient (Wildman–Crippen LogP) is 2.50. The summed E-state index contributed by atoms with van der Waals surface area (Å²) in [5.74, 6) is -0.294. The molecule has 0 spiro atoms. The number of ether oxygens (including phenoxy) is 1. The van der Waals surface area contributed by atoms with Gasteiger partial charge in [-0.1, -0.05) is 23.1 Å². The Bertz CT molecular complexity index is 499. The third-order valence-electron chi connectivity index (χ3n) is 2.01. The van der Waals surface area contributed by atoms with Gasteiger partial charge in [-0.25, -0.2) is 4.79 Å². The van der Waals surface area contributed by atoms with Crippen LogP contribution in [-0.2, 0) is 9.53 Å². The van der Waals surface area contributed by atoms with E-state index in [0.717, 1.165) is 0 Å². The summed E-state index contributed by atoms with van der Waals surface area (Å²) in [4.78, 5) is 23.2. The Morgan fingerprint density at radius 1 is 1.38 bits per heavy atom. The molecule has 2 N–H and O–H groups in total. The fourth-order valence-electron chi connectivity index (χ4n) is 1.24. The van der Waals surface area contributed by atoms with Crippen molar-refractivity contribution < 1.29 is 14.3 Å². The van der Waals surface area contributed by atoms with Crippen molar-refractivity contribution in [1.82, 2.24) is 15.5 Å². The average Bonchev–Trinajstić information content (AvgIpc) is 2.73. The van der Waals surface area contributed by atoms with Crippen molar-refractivity contribution in [2.45, 2.75) is 49.7 Å². The van der Waals surface area contributed by atoms with Crippen molar-refractivity contribution in [3.63, 3.8) is 0 Å². The monoisotopic (exact) mass is 332 g/mol. The van der Waals surface area contributed by atoms with Gasteiger partial charge in [0.2, 0.25) is 5.13 Å². The van der Waals surface area contributed by atoms with E-state index < -0.39 is 0 Å². The largest absolute Gasteiger partial charge is 0.465 e. The number of nitrogens with one attached hydrogen (secondary N) is 2. The SMILES string of the molecule is CCOC(=O)[C@H](C)Sc1nnc(NC(=O)NC(C)(C)C)s1. The Morgan fingerprint density at radius 2 is 2.05 bits per heavy atom. The summed E-state index contributed by atoms with van der Waals surface area (Å²) in [7, 11) is 0.